The first-order valence-corrected chi connectivity index (χ1v) is 7.31. The molecule has 1 amide bonds. The molecular weight excluding hydrogens is 244 g/mol. The lowest BCUT2D eigenvalue weighted by molar-refractivity contribution is -0.138. The Balaban J connectivity index is 2.13. The summed E-state index contributed by atoms with van der Waals surface area (Å²) in [5.41, 5.74) is 0. The molecule has 110 valence electrons. The molecule has 1 aliphatic rings. The molecule has 3 N–H and O–H groups in total. The van der Waals surface area contributed by atoms with Crippen molar-refractivity contribution in [2.75, 3.05) is 19.6 Å². The van der Waals surface area contributed by atoms with Crippen LogP contribution in [0.25, 0.3) is 0 Å². The van der Waals surface area contributed by atoms with Crippen LogP contribution in [0.3, 0.4) is 0 Å². The molecule has 0 aromatic carbocycles. The maximum absolute atomic E-state index is 11.7. The number of nitrogens with one attached hydrogen (secondary N) is 2. The normalized spacial score (nSPS) is 17.9. The second kappa shape index (κ2) is 8.91. The van der Waals surface area contributed by atoms with Crippen LogP contribution < -0.4 is 10.6 Å². The number of amides is 1. The number of rotatable bonds is 8. The minimum absolute atomic E-state index is 0.0420. The van der Waals surface area contributed by atoms with Crippen molar-refractivity contribution in [3.63, 3.8) is 0 Å². The van der Waals surface area contributed by atoms with Gasteiger partial charge in [-0.05, 0) is 44.2 Å². The molecule has 0 aromatic rings. The van der Waals surface area contributed by atoms with E-state index in [1.807, 2.05) is 6.92 Å². The van der Waals surface area contributed by atoms with Crippen LogP contribution in [-0.4, -0.2) is 36.6 Å². The summed E-state index contributed by atoms with van der Waals surface area (Å²) in [5, 5.41) is 14.9. The molecule has 5 nitrogen and oxygen atoms in total. The van der Waals surface area contributed by atoms with Crippen molar-refractivity contribution < 1.29 is 14.7 Å². The maximum Gasteiger partial charge on any atom is 0.303 e. The maximum atomic E-state index is 11.7. The van der Waals surface area contributed by atoms with Gasteiger partial charge in [0.1, 0.15) is 0 Å². The Morgan fingerprint density at radius 2 is 2.05 bits per heavy atom. The highest BCUT2D eigenvalue weighted by molar-refractivity contribution is 5.76. The molecule has 1 rings (SSSR count). The fourth-order valence-corrected chi connectivity index (χ4v) is 2.46. The number of hydrogen-bond acceptors (Lipinski definition) is 3. The number of carboxylic acid groups (broad SMARTS) is 1. The average Bonchev–Trinajstić information content (AvgIpc) is 2.42. The van der Waals surface area contributed by atoms with Crippen molar-refractivity contribution in [1.29, 1.82) is 0 Å². The van der Waals surface area contributed by atoms with Crippen LogP contribution >= 0.6 is 0 Å². The fraction of sp³-hybridized carbons (Fsp3) is 0.857. The Hall–Kier alpha value is -1.10. The van der Waals surface area contributed by atoms with Crippen molar-refractivity contribution in [2.24, 2.45) is 11.8 Å². The molecular formula is C14H26N2O3. The van der Waals surface area contributed by atoms with Gasteiger partial charge in [-0.3, -0.25) is 9.59 Å². The Bertz CT molecular complexity index is 288. The predicted molar refractivity (Wildman–Crippen MR) is 73.9 cm³/mol. The summed E-state index contributed by atoms with van der Waals surface area (Å²) >= 11 is 0. The van der Waals surface area contributed by atoms with Gasteiger partial charge in [-0.15, -0.1) is 0 Å². The largest absolute Gasteiger partial charge is 0.481 e. The molecule has 0 aromatic heterocycles. The SMILES string of the molecule is CCC(CNC(=O)CCC1CCNCC1)CC(=O)O. The van der Waals surface area contributed by atoms with Gasteiger partial charge in [-0.1, -0.05) is 13.3 Å². The van der Waals surface area contributed by atoms with Crippen LogP contribution in [-0.2, 0) is 9.59 Å². The van der Waals surface area contributed by atoms with E-state index in [9.17, 15) is 9.59 Å². The number of aliphatic carboxylic acids is 1. The summed E-state index contributed by atoms with van der Waals surface area (Å²) in [4.78, 5) is 22.3. The molecule has 19 heavy (non-hydrogen) atoms. The van der Waals surface area contributed by atoms with Gasteiger partial charge in [0.15, 0.2) is 0 Å². The zero-order valence-corrected chi connectivity index (χ0v) is 11.8. The minimum atomic E-state index is -0.796. The second-order valence-corrected chi connectivity index (χ2v) is 5.41. The predicted octanol–water partition coefficient (Wildman–Crippen LogP) is 1.38. The quantitative estimate of drug-likeness (QED) is 0.622. The summed E-state index contributed by atoms with van der Waals surface area (Å²) in [6.07, 6.45) is 4.73. The molecule has 1 aliphatic heterocycles. The second-order valence-electron chi connectivity index (χ2n) is 5.41. The van der Waals surface area contributed by atoms with Gasteiger partial charge in [0.05, 0.1) is 0 Å². The van der Waals surface area contributed by atoms with Crippen molar-refractivity contribution >= 4 is 11.9 Å². The molecule has 1 heterocycles. The van der Waals surface area contributed by atoms with Gasteiger partial charge in [0.2, 0.25) is 5.91 Å². The summed E-state index contributed by atoms with van der Waals surface area (Å²) in [6.45, 7) is 4.55. The Labute approximate surface area is 115 Å². The first kappa shape index (κ1) is 16.0. The molecule has 0 radical (unpaired) electrons. The van der Waals surface area contributed by atoms with E-state index in [1.165, 1.54) is 0 Å². The monoisotopic (exact) mass is 270 g/mol. The third-order valence-corrected chi connectivity index (χ3v) is 3.87. The lowest BCUT2D eigenvalue weighted by Gasteiger charge is -2.22. The lowest BCUT2D eigenvalue weighted by atomic mass is 9.93. The van der Waals surface area contributed by atoms with Crippen LogP contribution in [0, 0.1) is 11.8 Å². The van der Waals surface area contributed by atoms with Crippen molar-refractivity contribution in [1.82, 2.24) is 10.6 Å². The first-order chi connectivity index (χ1) is 9.11. The summed E-state index contributed by atoms with van der Waals surface area (Å²) in [5.74, 6) is -0.0356. The zero-order chi connectivity index (χ0) is 14.1. The van der Waals surface area contributed by atoms with Gasteiger partial charge >= 0.3 is 5.97 Å². The Morgan fingerprint density at radius 3 is 2.63 bits per heavy atom. The minimum Gasteiger partial charge on any atom is -0.481 e. The lowest BCUT2D eigenvalue weighted by Crippen LogP contribution is -2.31. The van der Waals surface area contributed by atoms with E-state index < -0.39 is 5.97 Å². The fourth-order valence-electron chi connectivity index (χ4n) is 2.46. The van der Waals surface area contributed by atoms with Crippen molar-refractivity contribution in [2.45, 2.75) is 45.4 Å². The Morgan fingerprint density at radius 1 is 1.37 bits per heavy atom. The van der Waals surface area contributed by atoms with E-state index in [0.29, 0.717) is 18.9 Å². The molecule has 5 heteroatoms. The summed E-state index contributed by atoms with van der Waals surface area (Å²) in [7, 11) is 0. The molecule has 1 atom stereocenters. The zero-order valence-electron chi connectivity index (χ0n) is 11.8. The first-order valence-electron chi connectivity index (χ1n) is 7.31. The topological polar surface area (TPSA) is 78.4 Å². The molecule has 1 unspecified atom stereocenters. The van der Waals surface area contributed by atoms with E-state index in [-0.39, 0.29) is 18.2 Å². The van der Waals surface area contributed by atoms with E-state index in [2.05, 4.69) is 10.6 Å². The van der Waals surface area contributed by atoms with Gasteiger partial charge < -0.3 is 15.7 Å². The average molecular weight is 270 g/mol. The van der Waals surface area contributed by atoms with E-state index in [4.69, 9.17) is 5.11 Å². The van der Waals surface area contributed by atoms with Gasteiger partial charge in [-0.25, -0.2) is 0 Å². The van der Waals surface area contributed by atoms with E-state index >= 15 is 0 Å². The molecule has 0 bridgehead atoms. The van der Waals surface area contributed by atoms with Crippen LogP contribution in [0.4, 0.5) is 0 Å². The molecule has 1 saturated heterocycles. The van der Waals surface area contributed by atoms with Crippen LogP contribution in [0.2, 0.25) is 0 Å². The number of carboxylic acids is 1. The van der Waals surface area contributed by atoms with Gasteiger partial charge in [0.25, 0.3) is 0 Å². The standard InChI is InChI=1S/C14H26N2O3/c1-2-11(9-14(18)19)10-16-13(17)4-3-12-5-7-15-8-6-12/h11-12,15H,2-10H2,1H3,(H,16,17)(H,18,19). The molecule has 0 aliphatic carbocycles. The van der Waals surface area contributed by atoms with Gasteiger partial charge in [-0.2, -0.15) is 0 Å². The van der Waals surface area contributed by atoms with Crippen molar-refractivity contribution in [3.05, 3.63) is 0 Å². The summed E-state index contributed by atoms with van der Waals surface area (Å²) < 4.78 is 0. The molecule has 1 fully saturated rings. The number of carbonyl (C=O) groups excluding carboxylic acids is 1. The third kappa shape index (κ3) is 7.15. The highest BCUT2D eigenvalue weighted by Crippen LogP contribution is 2.17. The van der Waals surface area contributed by atoms with Gasteiger partial charge in [0, 0.05) is 19.4 Å². The van der Waals surface area contributed by atoms with E-state index in [0.717, 1.165) is 38.8 Å². The van der Waals surface area contributed by atoms with E-state index in [1.54, 1.807) is 0 Å². The van der Waals surface area contributed by atoms with Crippen molar-refractivity contribution in [3.8, 4) is 0 Å². The smallest absolute Gasteiger partial charge is 0.303 e. The van der Waals surface area contributed by atoms with Crippen LogP contribution in [0.5, 0.6) is 0 Å². The van der Waals surface area contributed by atoms with Crippen LogP contribution in [0.1, 0.15) is 45.4 Å². The number of piperidine rings is 1. The molecule has 0 spiro atoms. The highest BCUT2D eigenvalue weighted by atomic mass is 16.4. The highest BCUT2D eigenvalue weighted by Gasteiger charge is 2.16. The number of carbonyl (C=O) groups is 2. The Kier molecular flexibility index (Phi) is 7.48. The summed E-state index contributed by atoms with van der Waals surface area (Å²) in [6, 6.07) is 0. The third-order valence-electron chi connectivity index (χ3n) is 3.87. The van der Waals surface area contributed by atoms with Crippen LogP contribution in [0.15, 0.2) is 0 Å². The number of hydrogen-bond donors (Lipinski definition) is 3. The molecule has 0 saturated carbocycles.